The minimum absolute atomic E-state index is 0.265. The van der Waals surface area contributed by atoms with Crippen molar-refractivity contribution < 1.29 is 4.74 Å². The highest BCUT2D eigenvalue weighted by Crippen LogP contribution is 2.31. The molecule has 0 atom stereocenters. The molecule has 0 fully saturated rings. The Labute approximate surface area is 197 Å². The number of halogens is 1. The van der Waals surface area contributed by atoms with Crippen molar-refractivity contribution in [1.29, 1.82) is 5.41 Å². The number of nitrogens with one attached hydrogen (secondary N) is 3. The van der Waals surface area contributed by atoms with E-state index in [-0.39, 0.29) is 5.84 Å². The van der Waals surface area contributed by atoms with Gasteiger partial charge in [-0.2, -0.15) is 5.10 Å². The lowest BCUT2D eigenvalue weighted by atomic mass is 10.1. The highest BCUT2D eigenvalue weighted by atomic mass is 35.5. The van der Waals surface area contributed by atoms with E-state index in [2.05, 4.69) is 44.9 Å². The highest BCUT2D eigenvalue weighted by Gasteiger charge is 2.08. The number of ether oxygens (including phenoxy) is 1. The fraction of sp³-hybridized carbons (Fsp3) is 0.120. The molecule has 0 saturated heterocycles. The molecule has 166 valence electrons. The van der Waals surface area contributed by atoms with Crippen molar-refractivity contribution in [3.63, 3.8) is 0 Å². The Morgan fingerprint density at radius 1 is 1.12 bits per heavy atom. The molecule has 0 amide bonds. The van der Waals surface area contributed by atoms with Gasteiger partial charge in [0.1, 0.15) is 30.3 Å². The van der Waals surface area contributed by atoms with Crippen molar-refractivity contribution in [2.75, 3.05) is 5.32 Å². The molecule has 4 aromatic rings. The van der Waals surface area contributed by atoms with Gasteiger partial charge in [-0.25, -0.2) is 9.97 Å². The van der Waals surface area contributed by atoms with Crippen molar-refractivity contribution in [3.05, 3.63) is 88.7 Å². The summed E-state index contributed by atoms with van der Waals surface area (Å²) in [5.74, 6) is 1.53. The molecule has 0 aliphatic heterocycles. The Bertz CT molecular complexity index is 1340. The largest absolute Gasteiger partial charge is 0.487 e. The Balaban J connectivity index is 1.52. The van der Waals surface area contributed by atoms with E-state index in [9.17, 15) is 0 Å². The summed E-state index contributed by atoms with van der Waals surface area (Å²) < 4.78 is 5.90. The number of hydrogen-bond acceptors (Lipinski definition) is 6. The van der Waals surface area contributed by atoms with Crippen LogP contribution in [-0.2, 0) is 6.61 Å². The van der Waals surface area contributed by atoms with Gasteiger partial charge >= 0.3 is 0 Å². The predicted octanol–water partition coefficient (Wildman–Crippen LogP) is 5.83. The van der Waals surface area contributed by atoms with Crippen LogP contribution in [0.15, 0.2) is 72.1 Å². The van der Waals surface area contributed by atoms with Crippen LogP contribution < -0.4 is 15.5 Å². The zero-order chi connectivity index (χ0) is 23.2. The first-order chi connectivity index (χ1) is 16.0. The average Bonchev–Trinajstić information content (AvgIpc) is 2.79. The maximum atomic E-state index is 7.39. The van der Waals surface area contributed by atoms with Gasteiger partial charge < -0.3 is 10.1 Å². The second-order valence-corrected chi connectivity index (χ2v) is 7.95. The van der Waals surface area contributed by atoms with E-state index in [1.807, 2.05) is 48.5 Å². The molecule has 0 aliphatic carbocycles. The third kappa shape index (κ3) is 5.84. The first-order valence-electron chi connectivity index (χ1n) is 10.3. The van der Waals surface area contributed by atoms with E-state index >= 15 is 0 Å². The fourth-order valence-corrected chi connectivity index (χ4v) is 3.49. The number of hydrogen-bond donors (Lipinski definition) is 3. The summed E-state index contributed by atoms with van der Waals surface area (Å²) in [5.41, 5.74) is 7.32. The van der Waals surface area contributed by atoms with E-state index in [1.54, 1.807) is 13.1 Å². The van der Waals surface area contributed by atoms with Gasteiger partial charge in [-0.05, 0) is 55.3 Å². The summed E-state index contributed by atoms with van der Waals surface area (Å²) in [6, 6.07) is 19.5. The molecular weight excluding hydrogens is 436 g/mol. The lowest BCUT2D eigenvalue weighted by Crippen LogP contribution is -2.11. The molecule has 0 radical (unpaired) electrons. The number of aromatic nitrogens is 2. The highest BCUT2D eigenvalue weighted by molar-refractivity contribution is 6.32. The molecule has 0 aliphatic rings. The molecule has 1 aromatic heterocycles. The van der Waals surface area contributed by atoms with Gasteiger partial charge in [-0.15, -0.1) is 0 Å². The van der Waals surface area contributed by atoms with Crippen molar-refractivity contribution in [3.8, 4) is 5.75 Å². The van der Waals surface area contributed by atoms with Crippen LogP contribution in [0.3, 0.4) is 0 Å². The SMILES string of the molecule is CC(=N)N/N=C/c1ccc2ncnc(Nc3ccc(OCc4cccc(C)c4)c(Cl)c3)c2c1. The summed E-state index contributed by atoms with van der Waals surface area (Å²) in [5, 5.41) is 16.1. The Morgan fingerprint density at radius 2 is 2.00 bits per heavy atom. The Morgan fingerprint density at radius 3 is 2.79 bits per heavy atom. The van der Waals surface area contributed by atoms with Crippen molar-refractivity contribution >= 4 is 46.1 Å². The van der Waals surface area contributed by atoms with Gasteiger partial charge in [0.2, 0.25) is 0 Å². The second-order valence-electron chi connectivity index (χ2n) is 7.54. The van der Waals surface area contributed by atoms with Gasteiger partial charge in [-0.1, -0.05) is 47.5 Å². The van der Waals surface area contributed by atoms with E-state index in [0.29, 0.717) is 23.2 Å². The number of fused-ring (bicyclic) bond motifs is 1. The van der Waals surface area contributed by atoms with Gasteiger partial charge in [0.25, 0.3) is 0 Å². The lowest BCUT2D eigenvalue weighted by Gasteiger charge is -2.12. The van der Waals surface area contributed by atoms with E-state index in [0.717, 1.165) is 27.7 Å². The summed E-state index contributed by atoms with van der Waals surface area (Å²) >= 11 is 6.48. The van der Waals surface area contributed by atoms with Crippen LogP contribution in [-0.4, -0.2) is 22.0 Å². The van der Waals surface area contributed by atoms with Crippen LogP contribution in [0, 0.1) is 12.3 Å². The number of anilines is 2. The summed E-state index contributed by atoms with van der Waals surface area (Å²) in [6.07, 6.45) is 3.16. The molecule has 0 bridgehead atoms. The topological polar surface area (TPSA) is 95.3 Å². The zero-order valence-electron chi connectivity index (χ0n) is 18.3. The third-order valence-corrected chi connectivity index (χ3v) is 5.07. The number of hydrazone groups is 1. The molecule has 7 nitrogen and oxygen atoms in total. The number of amidine groups is 1. The first kappa shape index (κ1) is 22.2. The van der Waals surface area contributed by atoms with Crippen molar-refractivity contribution in [2.45, 2.75) is 20.5 Å². The first-order valence-corrected chi connectivity index (χ1v) is 10.7. The molecular formula is C25H23ClN6O. The molecule has 8 heteroatoms. The van der Waals surface area contributed by atoms with Crippen LogP contribution in [0.25, 0.3) is 10.9 Å². The van der Waals surface area contributed by atoms with Gasteiger partial charge in [0, 0.05) is 11.1 Å². The molecule has 33 heavy (non-hydrogen) atoms. The van der Waals surface area contributed by atoms with Crippen molar-refractivity contribution in [1.82, 2.24) is 15.4 Å². The molecule has 3 N–H and O–H groups in total. The van der Waals surface area contributed by atoms with Gasteiger partial charge in [-0.3, -0.25) is 10.8 Å². The van der Waals surface area contributed by atoms with Crippen LogP contribution in [0.4, 0.5) is 11.5 Å². The quantitative estimate of drug-likeness (QED) is 0.184. The minimum atomic E-state index is 0.265. The van der Waals surface area contributed by atoms with Gasteiger partial charge in [0.05, 0.1) is 16.8 Å². The lowest BCUT2D eigenvalue weighted by molar-refractivity contribution is 0.306. The summed E-state index contributed by atoms with van der Waals surface area (Å²) in [6.45, 7) is 4.12. The molecule has 0 unspecified atom stereocenters. The average molecular weight is 459 g/mol. The van der Waals surface area contributed by atoms with Crippen LogP contribution in [0.2, 0.25) is 5.02 Å². The van der Waals surface area contributed by atoms with Crippen LogP contribution >= 0.6 is 11.6 Å². The number of benzene rings is 3. The number of nitrogens with zero attached hydrogens (tertiary/aromatic N) is 3. The normalized spacial score (nSPS) is 11.0. The number of rotatable bonds is 7. The monoisotopic (exact) mass is 458 g/mol. The third-order valence-electron chi connectivity index (χ3n) is 4.78. The second kappa shape index (κ2) is 10.1. The van der Waals surface area contributed by atoms with Gasteiger partial charge in [0.15, 0.2) is 0 Å². The Hall–Kier alpha value is -3.97. The van der Waals surface area contributed by atoms with Crippen LogP contribution in [0.1, 0.15) is 23.6 Å². The van der Waals surface area contributed by atoms with E-state index < -0.39 is 0 Å². The minimum Gasteiger partial charge on any atom is -0.487 e. The zero-order valence-corrected chi connectivity index (χ0v) is 19.0. The standard InChI is InChI=1S/C25H23ClN6O/c1-16-4-3-5-19(10-16)14-33-24-9-7-20(12-22(24)26)31-25-21-11-18(13-30-32-17(2)27)6-8-23(21)28-15-29-25/h3-13,15H,14H2,1-2H3,(H2,27,32)(H,28,29,31)/b30-13+. The fourth-order valence-electron chi connectivity index (χ4n) is 3.25. The Kier molecular flexibility index (Phi) is 6.80. The van der Waals surface area contributed by atoms with E-state index in [4.69, 9.17) is 21.7 Å². The molecule has 0 saturated carbocycles. The molecule has 1 heterocycles. The predicted molar refractivity (Wildman–Crippen MR) is 134 cm³/mol. The molecule has 0 spiro atoms. The summed E-state index contributed by atoms with van der Waals surface area (Å²) in [7, 11) is 0. The molecule has 3 aromatic carbocycles. The molecule has 4 rings (SSSR count). The smallest absolute Gasteiger partial charge is 0.141 e. The maximum Gasteiger partial charge on any atom is 0.141 e. The van der Waals surface area contributed by atoms with E-state index in [1.165, 1.54) is 11.9 Å². The van der Waals surface area contributed by atoms with Crippen molar-refractivity contribution in [2.24, 2.45) is 5.10 Å². The summed E-state index contributed by atoms with van der Waals surface area (Å²) in [4.78, 5) is 8.73. The van der Waals surface area contributed by atoms with Crippen LogP contribution in [0.5, 0.6) is 5.75 Å². The number of aryl methyl sites for hydroxylation is 1. The maximum absolute atomic E-state index is 7.39.